The summed E-state index contributed by atoms with van der Waals surface area (Å²) in [6.07, 6.45) is 2.93. The van der Waals surface area contributed by atoms with E-state index < -0.39 is 0 Å². The van der Waals surface area contributed by atoms with Crippen molar-refractivity contribution in [2.24, 2.45) is 0 Å². The molecule has 1 fully saturated rings. The lowest BCUT2D eigenvalue weighted by atomic mass is 10.1. The number of rotatable bonds is 2. The highest BCUT2D eigenvalue weighted by Gasteiger charge is 2.23. The van der Waals surface area contributed by atoms with Crippen LogP contribution >= 0.6 is 0 Å². The van der Waals surface area contributed by atoms with Crippen LogP contribution < -0.4 is 5.32 Å². The molecule has 2 aromatic heterocycles. The molecule has 2 N–H and O–H groups in total. The van der Waals surface area contributed by atoms with Gasteiger partial charge in [0.15, 0.2) is 0 Å². The summed E-state index contributed by atoms with van der Waals surface area (Å²) in [4.78, 5) is 7.44. The molecule has 0 saturated carbocycles. The van der Waals surface area contributed by atoms with E-state index in [4.69, 9.17) is 4.52 Å². The quantitative estimate of drug-likeness (QED) is 0.769. The molecule has 3 heterocycles. The summed E-state index contributed by atoms with van der Waals surface area (Å²) in [5.74, 6) is 1.76. The SMILES string of the molecule is c1c[nH]c(-c2noc(C3CCNC3)n2)c1. The van der Waals surface area contributed by atoms with Crippen LogP contribution in [0, 0.1) is 0 Å². The smallest absolute Gasteiger partial charge is 0.231 e. The molecule has 78 valence electrons. The summed E-state index contributed by atoms with van der Waals surface area (Å²) in [6.45, 7) is 1.97. The maximum atomic E-state index is 5.25. The molecule has 1 aliphatic rings. The number of nitrogens with one attached hydrogen (secondary N) is 2. The molecule has 1 aliphatic heterocycles. The van der Waals surface area contributed by atoms with Gasteiger partial charge in [-0.15, -0.1) is 0 Å². The highest BCUT2D eigenvalue weighted by Crippen LogP contribution is 2.22. The van der Waals surface area contributed by atoms with E-state index in [0.29, 0.717) is 11.7 Å². The third-order valence-electron chi connectivity index (χ3n) is 2.69. The molecule has 1 saturated heterocycles. The lowest BCUT2D eigenvalue weighted by molar-refractivity contribution is 0.359. The Morgan fingerprint density at radius 2 is 2.47 bits per heavy atom. The molecule has 0 bridgehead atoms. The van der Waals surface area contributed by atoms with Gasteiger partial charge in [0.2, 0.25) is 11.7 Å². The van der Waals surface area contributed by atoms with Gasteiger partial charge in [0.25, 0.3) is 0 Å². The Hall–Kier alpha value is -1.62. The second-order valence-corrected chi connectivity index (χ2v) is 3.73. The van der Waals surface area contributed by atoms with Gasteiger partial charge in [-0.05, 0) is 25.1 Å². The molecule has 5 heteroatoms. The zero-order valence-corrected chi connectivity index (χ0v) is 8.23. The highest BCUT2D eigenvalue weighted by atomic mass is 16.5. The first-order valence-electron chi connectivity index (χ1n) is 5.11. The molecule has 3 rings (SSSR count). The first kappa shape index (κ1) is 8.67. The van der Waals surface area contributed by atoms with Crippen molar-refractivity contribution in [1.82, 2.24) is 20.4 Å². The number of aromatic amines is 1. The molecule has 1 unspecified atom stereocenters. The second-order valence-electron chi connectivity index (χ2n) is 3.73. The molecule has 15 heavy (non-hydrogen) atoms. The first-order valence-corrected chi connectivity index (χ1v) is 5.11. The van der Waals surface area contributed by atoms with E-state index in [1.165, 1.54) is 0 Å². The van der Waals surface area contributed by atoms with Crippen LogP contribution in [0.4, 0.5) is 0 Å². The molecule has 2 aromatic rings. The van der Waals surface area contributed by atoms with E-state index in [1.54, 1.807) is 0 Å². The van der Waals surface area contributed by atoms with E-state index in [2.05, 4.69) is 20.4 Å². The number of nitrogens with zero attached hydrogens (tertiary/aromatic N) is 2. The van der Waals surface area contributed by atoms with Crippen LogP contribution in [0.2, 0.25) is 0 Å². The van der Waals surface area contributed by atoms with Gasteiger partial charge in [-0.1, -0.05) is 5.16 Å². The summed E-state index contributed by atoms with van der Waals surface area (Å²) >= 11 is 0. The third-order valence-corrected chi connectivity index (χ3v) is 2.69. The van der Waals surface area contributed by atoms with Crippen LogP contribution in [0.25, 0.3) is 11.5 Å². The standard InChI is InChI=1S/C10H12N4O/c1-2-8(12-4-1)9-13-10(15-14-9)7-3-5-11-6-7/h1-2,4,7,11-12H,3,5-6H2. The van der Waals surface area contributed by atoms with Crippen molar-refractivity contribution < 1.29 is 4.52 Å². The summed E-state index contributed by atoms with van der Waals surface area (Å²) in [5.41, 5.74) is 0.899. The van der Waals surface area contributed by atoms with Crippen molar-refractivity contribution in [1.29, 1.82) is 0 Å². The van der Waals surface area contributed by atoms with Gasteiger partial charge in [-0.2, -0.15) is 4.98 Å². The van der Waals surface area contributed by atoms with Crippen LogP contribution in [0.3, 0.4) is 0 Å². The molecule has 0 amide bonds. The Bertz CT molecular complexity index is 428. The monoisotopic (exact) mass is 204 g/mol. The van der Waals surface area contributed by atoms with Crippen molar-refractivity contribution in [3.8, 4) is 11.5 Å². The van der Waals surface area contributed by atoms with Crippen molar-refractivity contribution >= 4 is 0 Å². The van der Waals surface area contributed by atoms with Crippen LogP contribution in [0.1, 0.15) is 18.2 Å². The average molecular weight is 204 g/mol. The molecular formula is C10H12N4O. The van der Waals surface area contributed by atoms with Gasteiger partial charge < -0.3 is 14.8 Å². The molecule has 1 atom stereocenters. The Morgan fingerprint density at radius 3 is 3.20 bits per heavy atom. The van der Waals surface area contributed by atoms with Crippen LogP contribution in [0.5, 0.6) is 0 Å². The van der Waals surface area contributed by atoms with Crippen LogP contribution in [-0.2, 0) is 0 Å². The first-order chi connectivity index (χ1) is 7.43. The van der Waals surface area contributed by atoms with Gasteiger partial charge in [-0.25, -0.2) is 0 Å². The van der Waals surface area contributed by atoms with Crippen LogP contribution in [0.15, 0.2) is 22.9 Å². The minimum atomic E-state index is 0.376. The van der Waals surface area contributed by atoms with Gasteiger partial charge in [0, 0.05) is 12.7 Å². The Kier molecular flexibility index (Phi) is 2.03. The average Bonchev–Trinajstić information content (AvgIpc) is 3.02. The minimum absolute atomic E-state index is 0.376. The summed E-state index contributed by atoms with van der Waals surface area (Å²) < 4.78 is 5.25. The van der Waals surface area contributed by atoms with Crippen molar-refractivity contribution in [3.05, 3.63) is 24.2 Å². The second kappa shape index (κ2) is 3.51. The number of aromatic nitrogens is 3. The zero-order valence-electron chi connectivity index (χ0n) is 8.23. The predicted molar refractivity (Wildman–Crippen MR) is 54.3 cm³/mol. The van der Waals surface area contributed by atoms with Crippen molar-refractivity contribution in [3.63, 3.8) is 0 Å². The Morgan fingerprint density at radius 1 is 1.47 bits per heavy atom. The van der Waals surface area contributed by atoms with Crippen molar-refractivity contribution in [2.75, 3.05) is 13.1 Å². The maximum Gasteiger partial charge on any atom is 0.231 e. The van der Waals surface area contributed by atoms with Gasteiger partial charge in [0.1, 0.15) is 0 Å². The van der Waals surface area contributed by atoms with E-state index in [0.717, 1.165) is 31.1 Å². The van der Waals surface area contributed by atoms with E-state index >= 15 is 0 Å². The Balaban J connectivity index is 1.87. The topological polar surface area (TPSA) is 66.7 Å². The largest absolute Gasteiger partial charge is 0.359 e. The zero-order chi connectivity index (χ0) is 10.1. The summed E-state index contributed by atoms with van der Waals surface area (Å²) in [7, 11) is 0. The third kappa shape index (κ3) is 1.55. The van der Waals surface area contributed by atoms with E-state index in [9.17, 15) is 0 Å². The normalized spacial score (nSPS) is 20.9. The maximum absolute atomic E-state index is 5.25. The fourth-order valence-corrected chi connectivity index (χ4v) is 1.85. The number of hydrogen-bond acceptors (Lipinski definition) is 4. The fourth-order valence-electron chi connectivity index (χ4n) is 1.85. The van der Waals surface area contributed by atoms with Crippen molar-refractivity contribution in [2.45, 2.75) is 12.3 Å². The van der Waals surface area contributed by atoms with E-state index in [1.807, 2.05) is 18.3 Å². The molecule has 0 aliphatic carbocycles. The molecule has 0 aromatic carbocycles. The van der Waals surface area contributed by atoms with Gasteiger partial charge in [0.05, 0.1) is 11.6 Å². The number of hydrogen-bond donors (Lipinski definition) is 2. The summed E-state index contributed by atoms with van der Waals surface area (Å²) in [5, 5.41) is 7.24. The van der Waals surface area contributed by atoms with Crippen LogP contribution in [-0.4, -0.2) is 28.2 Å². The fraction of sp³-hybridized carbons (Fsp3) is 0.400. The number of H-pyrrole nitrogens is 1. The molecular weight excluding hydrogens is 192 g/mol. The minimum Gasteiger partial charge on any atom is -0.359 e. The lowest BCUT2D eigenvalue weighted by Gasteiger charge is -1.98. The van der Waals surface area contributed by atoms with E-state index in [-0.39, 0.29) is 0 Å². The molecule has 5 nitrogen and oxygen atoms in total. The molecule has 0 radical (unpaired) electrons. The van der Waals surface area contributed by atoms with Gasteiger partial charge in [-0.3, -0.25) is 0 Å². The predicted octanol–water partition coefficient (Wildman–Crippen LogP) is 1.14. The Labute approximate surface area is 86.9 Å². The summed E-state index contributed by atoms with van der Waals surface area (Å²) in [6, 6.07) is 3.85. The lowest BCUT2D eigenvalue weighted by Crippen LogP contribution is -2.08. The van der Waals surface area contributed by atoms with Gasteiger partial charge >= 0.3 is 0 Å². The molecule has 0 spiro atoms. The highest BCUT2D eigenvalue weighted by molar-refractivity contribution is 5.47.